The molecule has 7 nitrogen and oxygen atoms in total. The second kappa shape index (κ2) is 9.45. The van der Waals surface area contributed by atoms with Crippen molar-refractivity contribution < 1.29 is 28.9 Å². The van der Waals surface area contributed by atoms with Crippen LogP contribution in [0.5, 0.6) is 11.5 Å². The Morgan fingerprint density at radius 2 is 1.77 bits per heavy atom. The Bertz CT molecular complexity index is 953. The maximum absolute atomic E-state index is 13.0. The molecule has 1 fully saturated rings. The van der Waals surface area contributed by atoms with Crippen LogP contribution in [0.3, 0.4) is 0 Å². The number of carbonyl (C=O) groups is 2. The van der Waals surface area contributed by atoms with E-state index in [-0.39, 0.29) is 17.9 Å². The van der Waals surface area contributed by atoms with Crippen molar-refractivity contribution in [3.63, 3.8) is 0 Å². The molecule has 0 bridgehead atoms. The van der Waals surface area contributed by atoms with Crippen molar-refractivity contribution in [3.8, 4) is 11.5 Å². The van der Waals surface area contributed by atoms with Crippen LogP contribution in [0, 0.1) is 0 Å². The van der Waals surface area contributed by atoms with Gasteiger partial charge in [0.2, 0.25) is 0 Å². The topological polar surface area (TPSA) is 85.3 Å². The van der Waals surface area contributed by atoms with Crippen LogP contribution in [0.15, 0.2) is 54.1 Å². The number of hydrogen-bond donors (Lipinski definition) is 1. The third-order valence-corrected chi connectivity index (χ3v) is 5.07. The fraction of sp³-hybridized carbons (Fsp3) is 0.304. The molecule has 1 atom stereocenters. The lowest BCUT2D eigenvalue weighted by molar-refractivity contribution is -0.140. The van der Waals surface area contributed by atoms with E-state index < -0.39 is 17.7 Å². The van der Waals surface area contributed by atoms with Crippen LogP contribution in [-0.2, 0) is 14.3 Å². The summed E-state index contributed by atoms with van der Waals surface area (Å²) < 4.78 is 15.9. The number of ketones is 1. The zero-order valence-corrected chi connectivity index (χ0v) is 17.3. The molecule has 0 saturated carbocycles. The second-order valence-corrected chi connectivity index (χ2v) is 6.81. The van der Waals surface area contributed by atoms with Crippen LogP contribution >= 0.6 is 0 Å². The summed E-state index contributed by atoms with van der Waals surface area (Å²) in [5, 5.41) is 11.0. The van der Waals surface area contributed by atoms with Gasteiger partial charge in [0.05, 0.1) is 25.8 Å². The minimum Gasteiger partial charge on any atom is -0.507 e. The van der Waals surface area contributed by atoms with E-state index in [1.54, 1.807) is 49.6 Å². The van der Waals surface area contributed by atoms with Gasteiger partial charge in [-0.05, 0) is 24.6 Å². The van der Waals surface area contributed by atoms with Crippen LogP contribution in [0.1, 0.15) is 23.6 Å². The SMILES string of the molecule is COCCCN1C(=O)C(=O)C(=C(O)c2ccccc2)[C@@H]1c1cc(OC)ccc1OC. The molecular weight excluding hydrogens is 386 g/mol. The number of carbonyl (C=O) groups excluding carboxylic acids is 2. The van der Waals surface area contributed by atoms with Gasteiger partial charge in [-0.25, -0.2) is 0 Å². The molecule has 0 aliphatic carbocycles. The van der Waals surface area contributed by atoms with Gasteiger partial charge in [0.1, 0.15) is 17.3 Å². The Morgan fingerprint density at radius 1 is 1.03 bits per heavy atom. The van der Waals surface area contributed by atoms with E-state index in [0.29, 0.717) is 35.7 Å². The van der Waals surface area contributed by atoms with Crippen LogP contribution < -0.4 is 9.47 Å². The lowest BCUT2D eigenvalue weighted by Crippen LogP contribution is -2.31. The van der Waals surface area contributed by atoms with Crippen LogP contribution in [-0.4, -0.2) is 56.2 Å². The molecule has 0 unspecified atom stereocenters. The predicted molar refractivity (Wildman–Crippen MR) is 111 cm³/mol. The predicted octanol–water partition coefficient (Wildman–Crippen LogP) is 3.16. The molecule has 0 radical (unpaired) electrons. The van der Waals surface area contributed by atoms with Crippen molar-refractivity contribution in [1.29, 1.82) is 0 Å². The number of benzene rings is 2. The van der Waals surface area contributed by atoms with E-state index in [9.17, 15) is 14.7 Å². The minimum absolute atomic E-state index is 0.0233. The number of ether oxygens (including phenoxy) is 3. The minimum atomic E-state index is -0.813. The number of methoxy groups -OCH3 is 3. The number of nitrogens with zero attached hydrogens (tertiary/aromatic N) is 1. The Kier molecular flexibility index (Phi) is 6.74. The number of rotatable bonds is 8. The van der Waals surface area contributed by atoms with Crippen LogP contribution in [0.2, 0.25) is 0 Å². The Hall–Kier alpha value is -3.32. The number of amides is 1. The van der Waals surface area contributed by atoms with E-state index in [4.69, 9.17) is 14.2 Å². The van der Waals surface area contributed by atoms with Crippen LogP contribution in [0.4, 0.5) is 0 Å². The highest BCUT2D eigenvalue weighted by Gasteiger charge is 2.46. The molecule has 1 N–H and O–H groups in total. The van der Waals surface area contributed by atoms with E-state index >= 15 is 0 Å². The molecular formula is C23H25NO6. The summed E-state index contributed by atoms with van der Waals surface area (Å²) in [6.07, 6.45) is 0.539. The van der Waals surface area contributed by atoms with Gasteiger partial charge in [-0.1, -0.05) is 30.3 Å². The van der Waals surface area contributed by atoms with Gasteiger partial charge in [0.15, 0.2) is 0 Å². The molecule has 0 spiro atoms. The Labute approximate surface area is 175 Å². The van der Waals surface area contributed by atoms with Crippen LogP contribution in [0.25, 0.3) is 5.76 Å². The molecule has 1 heterocycles. The summed E-state index contributed by atoms with van der Waals surface area (Å²) in [7, 11) is 4.62. The molecule has 0 aromatic heterocycles. The van der Waals surface area contributed by atoms with Crippen molar-refractivity contribution >= 4 is 17.4 Å². The van der Waals surface area contributed by atoms with Gasteiger partial charge in [0.25, 0.3) is 11.7 Å². The van der Waals surface area contributed by atoms with Gasteiger partial charge in [-0.2, -0.15) is 0 Å². The van der Waals surface area contributed by atoms with Gasteiger partial charge in [-0.15, -0.1) is 0 Å². The Balaban J connectivity index is 2.20. The van der Waals surface area contributed by atoms with Gasteiger partial charge in [0, 0.05) is 31.4 Å². The van der Waals surface area contributed by atoms with Crippen molar-refractivity contribution in [2.75, 3.05) is 34.5 Å². The molecule has 2 aromatic rings. The Morgan fingerprint density at radius 3 is 2.40 bits per heavy atom. The smallest absolute Gasteiger partial charge is 0.295 e. The highest BCUT2D eigenvalue weighted by molar-refractivity contribution is 6.46. The summed E-state index contributed by atoms with van der Waals surface area (Å²) in [6.45, 7) is 0.721. The third kappa shape index (κ3) is 4.02. The molecule has 3 rings (SSSR count). The maximum Gasteiger partial charge on any atom is 0.295 e. The van der Waals surface area contributed by atoms with E-state index in [1.165, 1.54) is 19.1 Å². The monoisotopic (exact) mass is 411 g/mol. The standard InChI is InChI=1S/C23H25NO6/c1-28-13-7-12-24-20(17-14-16(29-2)10-11-18(17)30-3)19(22(26)23(24)27)21(25)15-8-5-4-6-9-15/h4-6,8-11,14,20,25H,7,12-13H2,1-3H3/t20-/m0/s1. The average molecular weight is 411 g/mol. The molecule has 1 amide bonds. The number of aliphatic hydroxyl groups is 1. The number of Topliss-reactive ketones (excluding diaryl/α,β-unsaturated/α-hetero) is 1. The average Bonchev–Trinajstić information content (AvgIpc) is 3.03. The van der Waals surface area contributed by atoms with Crippen molar-refractivity contribution in [1.82, 2.24) is 4.90 Å². The third-order valence-electron chi connectivity index (χ3n) is 5.07. The first-order valence-corrected chi connectivity index (χ1v) is 9.58. The van der Waals surface area contributed by atoms with Gasteiger partial charge in [-0.3, -0.25) is 9.59 Å². The summed E-state index contributed by atoms with van der Waals surface area (Å²) in [5.41, 5.74) is 1.04. The molecule has 1 saturated heterocycles. The normalized spacial score (nSPS) is 18.0. The van der Waals surface area contributed by atoms with Crippen molar-refractivity contribution in [2.45, 2.75) is 12.5 Å². The first-order chi connectivity index (χ1) is 14.5. The van der Waals surface area contributed by atoms with Gasteiger partial charge >= 0.3 is 0 Å². The largest absolute Gasteiger partial charge is 0.507 e. The molecule has 2 aromatic carbocycles. The quantitative estimate of drug-likeness (QED) is 0.311. The number of aliphatic hydroxyl groups excluding tert-OH is 1. The lowest BCUT2D eigenvalue weighted by atomic mass is 9.94. The number of hydrogen-bond acceptors (Lipinski definition) is 6. The summed E-state index contributed by atoms with van der Waals surface area (Å²) in [4.78, 5) is 27.3. The van der Waals surface area contributed by atoms with E-state index in [0.717, 1.165) is 0 Å². The summed E-state index contributed by atoms with van der Waals surface area (Å²) in [6, 6.07) is 13.0. The fourth-order valence-electron chi connectivity index (χ4n) is 3.62. The first-order valence-electron chi connectivity index (χ1n) is 9.58. The second-order valence-electron chi connectivity index (χ2n) is 6.81. The van der Waals surface area contributed by atoms with Crippen molar-refractivity contribution in [2.24, 2.45) is 0 Å². The van der Waals surface area contributed by atoms with E-state index in [2.05, 4.69) is 0 Å². The fourth-order valence-corrected chi connectivity index (χ4v) is 3.62. The molecule has 7 heteroatoms. The summed E-state index contributed by atoms with van der Waals surface area (Å²) in [5.74, 6) is -0.591. The molecule has 1 aliphatic heterocycles. The molecule has 1 aliphatic rings. The number of likely N-dealkylation sites (tertiary alicyclic amines) is 1. The zero-order chi connectivity index (χ0) is 21.7. The van der Waals surface area contributed by atoms with Gasteiger partial charge < -0.3 is 24.2 Å². The van der Waals surface area contributed by atoms with E-state index in [1.807, 2.05) is 6.07 Å². The van der Waals surface area contributed by atoms with Crippen molar-refractivity contribution in [3.05, 3.63) is 65.2 Å². The highest BCUT2D eigenvalue weighted by atomic mass is 16.5. The maximum atomic E-state index is 13.0. The molecule has 30 heavy (non-hydrogen) atoms. The highest BCUT2D eigenvalue weighted by Crippen LogP contribution is 2.43. The first kappa shape index (κ1) is 21.4. The lowest BCUT2D eigenvalue weighted by Gasteiger charge is -2.27. The molecule has 158 valence electrons. The summed E-state index contributed by atoms with van der Waals surface area (Å²) >= 11 is 0. The zero-order valence-electron chi connectivity index (χ0n) is 17.3.